The lowest BCUT2D eigenvalue weighted by molar-refractivity contribution is -0.0326. The van der Waals surface area contributed by atoms with Crippen LogP contribution in [-0.2, 0) is 18.0 Å². The van der Waals surface area contributed by atoms with E-state index >= 15 is 0 Å². The minimum atomic E-state index is -2.42. The zero-order chi connectivity index (χ0) is 10.9. The van der Waals surface area contributed by atoms with Crippen LogP contribution in [0.2, 0.25) is 6.04 Å². The molecule has 0 aromatic carbocycles. The van der Waals surface area contributed by atoms with Crippen molar-refractivity contribution in [2.24, 2.45) is 0 Å². The van der Waals surface area contributed by atoms with E-state index in [9.17, 15) is 0 Å². The van der Waals surface area contributed by atoms with Crippen molar-refractivity contribution in [2.75, 3.05) is 27.6 Å². The second kappa shape index (κ2) is 8.37. The normalized spacial score (nSPS) is 12.0. The molecule has 0 radical (unpaired) electrons. The van der Waals surface area contributed by atoms with Gasteiger partial charge >= 0.3 is 8.80 Å². The maximum atomic E-state index is 5.54. The average Bonchev–Trinajstić information content (AvgIpc) is 2.23. The van der Waals surface area contributed by atoms with E-state index in [2.05, 4.69) is 13.8 Å². The standard InChI is InChI=1S/C9H22O4Si/c1-5-7-12-9-13-14(10-3,11-4)8-6-2/h5-9H2,1-4H3. The molecule has 0 spiro atoms. The third-order valence-electron chi connectivity index (χ3n) is 1.89. The van der Waals surface area contributed by atoms with Gasteiger partial charge in [0, 0.05) is 26.9 Å². The summed E-state index contributed by atoms with van der Waals surface area (Å²) in [7, 11) is 0.842. The van der Waals surface area contributed by atoms with Crippen LogP contribution < -0.4 is 0 Å². The highest BCUT2D eigenvalue weighted by molar-refractivity contribution is 6.60. The van der Waals surface area contributed by atoms with Crippen LogP contribution in [0.5, 0.6) is 0 Å². The molecular formula is C9H22O4Si. The third kappa shape index (κ3) is 5.07. The highest BCUT2D eigenvalue weighted by atomic mass is 28.4. The Hall–Kier alpha value is 0.0569. The Kier molecular flexibility index (Phi) is 8.41. The molecule has 0 atom stereocenters. The Morgan fingerprint density at radius 2 is 1.64 bits per heavy atom. The minimum absolute atomic E-state index is 0.266. The second-order valence-corrected chi connectivity index (χ2v) is 5.98. The molecule has 86 valence electrons. The molecule has 0 bridgehead atoms. The lowest BCUT2D eigenvalue weighted by Gasteiger charge is -2.25. The van der Waals surface area contributed by atoms with Crippen LogP contribution in [0.15, 0.2) is 0 Å². The number of hydrogen-bond acceptors (Lipinski definition) is 4. The van der Waals surface area contributed by atoms with Gasteiger partial charge < -0.3 is 18.0 Å². The first-order valence-electron chi connectivity index (χ1n) is 5.06. The van der Waals surface area contributed by atoms with Gasteiger partial charge in [-0.2, -0.15) is 0 Å². The molecule has 0 amide bonds. The van der Waals surface area contributed by atoms with Gasteiger partial charge in [-0.05, 0) is 6.42 Å². The maximum absolute atomic E-state index is 5.54. The zero-order valence-electron chi connectivity index (χ0n) is 9.67. The zero-order valence-corrected chi connectivity index (χ0v) is 10.7. The summed E-state index contributed by atoms with van der Waals surface area (Å²) in [6.45, 7) is 5.12. The van der Waals surface area contributed by atoms with Gasteiger partial charge in [0.15, 0.2) is 0 Å². The van der Waals surface area contributed by atoms with Crippen LogP contribution in [-0.4, -0.2) is 36.4 Å². The predicted molar refractivity (Wildman–Crippen MR) is 57.1 cm³/mol. The molecule has 0 N–H and O–H groups in total. The highest BCUT2D eigenvalue weighted by Crippen LogP contribution is 2.15. The molecule has 0 rings (SSSR count). The van der Waals surface area contributed by atoms with Gasteiger partial charge in [-0.3, -0.25) is 0 Å². The predicted octanol–water partition coefficient (Wildman–Crippen LogP) is 2.03. The minimum Gasteiger partial charge on any atom is -0.377 e. The molecule has 0 aromatic heterocycles. The van der Waals surface area contributed by atoms with Crippen LogP contribution in [0.3, 0.4) is 0 Å². The van der Waals surface area contributed by atoms with Crippen molar-refractivity contribution in [2.45, 2.75) is 32.7 Å². The van der Waals surface area contributed by atoms with E-state index in [-0.39, 0.29) is 6.79 Å². The molecule has 0 aliphatic heterocycles. The first kappa shape index (κ1) is 14.1. The van der Waals surface area contributed by atoms with Crippen LogP contribution in [0.25, 0.3) is 0 Å². The van der Waals surface area contributed by atoms with E-state index in [0.717, 1.165) is 18.9 Å². The summed E-state index contributed by atoms with van der Waals surface area (Å²) in [5, 5.41) is 0. The van der Waals surface area contributed by atoms with E-state index in [1.165, 1.54) is 0 Å². The van der Waals surface area contributed by atoms with Crippen LogP contribution in [0, 0.1) is 0 Å². The van der Waals surface area contributed by atoms with Crippen molar-refractivity contribution in [3.8, 4) is 0 Å². The number of ether oxygens (including phenoxy) is 1. The van der Waals surface area contributed by atoms with Gasteiger partial charge in [0.1, 0.15) is 6.79 Å². The van der Waals surface area contributed by atoms with E-state index in [1.807, 2.05) is 0 Å². The summed E-state index contributed by atoms with van der Waals surface area (Å²) in [5.74, 6) is 0. The molecule has 0 unspecified atom stereocenters. The van der Waals surface area contributed by atoms with Crippen molar-refractivity contribution in [3.63, 3.8) is 0 Å². The van der Waals surface area contributed by atoms with Gasteiger partial charge in [-0.25, -0.2) is 0 Å². The molecule has 0 fully saturated rings. The van der Waals surface area contributed by atoms with E-state index in [0.29, 0.717) is 6.61 Å². The Bertz CT molecular complexity index is 128. The summed E-state index contributed by atoms with van der Waals surface area (Å²) in [6.07, 6.45) is 1.98. The molecular weight excluding hydrogens is 200 g/mol. The number of hydrogen-bond donors (Lipinski definition) is 0. The molecule has 5 heteroatoms. The molecule has 0 aromatic rings. The Labute approximate surface area is 87.9 Å². The van der Waals surface area contributed by atoms with E-state index in [1.54, 1.807) is 14.2 Å². The van der Waals surface area contributed by atoms with Crippen LogP contribution in [0.4, 0.5) is 0 Å². The van der Waals surface area contributed by atoms with Gasteiger partial charge in [-0.15, -0.1) is 0 Å². The molecule has 0 saturated heterocycles. The Balaban J connectivity index is 3.82. The van der Waals surface area contributed by atoms with E-state index in [4.69, 9.17) is 18.0 Å². The van der Waals surface area contributed by atoms with E-state index < -0.39 is 8.80 Å². The van der Waals surface area contributed by atoms with Crippen molar-refractivity contribution >= 4 is 8.80 Å². The monoisotopic (exact) mass is 222 g/mol. The van der Waals surface area contributed by atoms with Crippen molar-refractivity contribution in [1.29, 1.82) is 0 Å². The maximum Gasteiger partial charge on any atom is 0.502 e. The summed E-state index contributed by atoms with van der Waals surface area (Å²) in [6, 6.07) is 0.829. The van der Waals surface area contributed by atoms with Gasteiger partial charge in [0.25, 0.3) is 0 Å². The summed E-state index contributed by atoms with van der Waals surface area (Å²) >= 11 is 0. The van der Waals surface area contributed by atoms with Crippen molar-refractivity contribution in [1.82, 2.24) is 0 Å². The van der Waals surface area contributed by atoms with Crippen molar-refractivity contribution < 1.29 is 18.0 Å². The molecule has 0 saturated carbocycles. The second-order valence-electron chi connectivity index (χ2n) is 3.01. The van der Waals surface area contributed by atoms with Crippen molar-refractivity contribution in [3.05, 3.63) is 0 Å². The van der Waals surface area contributed by atoms with Crippen LogP contribution in [0.1, 0.15) is 26.7 Å². The topological polar surface area (TPSA) is 36.9 Å². The first-order chi connectivity index (χ1) is 6.74. The average molecular weight is 222 g/mol. The van der Waals surface area contributed by atoms with Gasteiger partial charge in [0.05, 0.1) is 0 Å². The summed E-state index contributed by atoms with van der Waals surface area (Å²) in [5.41, 5.74) is 0. The fourth-order valence-corrected chi connectivity index (χ4v) is 2.95. The SMILES string of the molecule is CCCOCO[Si](CCC)(OC)OC. The quantitative estimate of drug-likeness (QED) is 0.340. The smallest absolute Gasteiger partial charge is 0.377 e. The molecule has 4 nitrogen and oxygen atoms in total. The first-order valence-corrected chi connectivity index (χ1v) is 6.99. The van der Waals surface area contributed by atoms with Gasteiger partial charge in [-0.1, -0.05) is 20.3 Å². The summed E-state index contributed by atoms with van der Waals surface area (Å²) in [4.78, 5) is 0. The van der Waals surface area contributed by atoms with Gasteiger partial charge in [0.2, 0.25) is 0 Å². The lowest BCUT2D eigenvalue weighted by Crippen LogP contribution is -2.44. The van der Waals surface area contributed by atoms with Crippen LogP contribution >= 0.6 is 0 Å². The molecule has 14 heavy (non-hydrogen) atoms. The number of rotatable bonds is 9. The lowest BCUT2D eigenvalue weighted by atomic mass is 10.5. The fourth-order valence-electron chi connectivity index (χ4n) is 1.12. The third-order valence-corrected chi connectivity index (χ3v) is 4.80. The molecule has 0 aliphatic carbocycles. The fraction of sp³-hybridized carbons (Fsp3) is 1.00. The summed E-state index contributed by atoms with van der Waals surface area (Å²) < 4.78 is 21.4. The Morgan fingerprint density at radius 3 is 2.07 bits per heavy atom. The Morgan fingerprint density at radius 1 is 1.00 bits per heavy atom. The molecule has 0 heterocycles. The highest BCUT2D eigenvalue weighted by Gasteiger charge is 2.37. The largest absolute Gasteiger partial charge is 0.502 e. The molecule has 0 aliphatic rings.